The van der Waals surface area contributed by atoms with Gasteiger partial charge in [-0.2, -0.15) is 0 Å². The summed E-state index contributed by atoms with van der Waals surface area (Å²) in [6, 6.07) is 0. The van der Waals surface area contributed by atoms with E-state index >= 15 is 0 Å². The number of carbonyl (C=O) groups is 1. The van der Waals surface area contributed by atoms with Crippen LogP contribution in [-0.4, -0.2) is 44.5 Å². The monoisotopic (exact) mass is 248 g/mol. The van der Waals surface area contributed by atoms with E-state index in [1.807, 2.05) is 0 Å². The van der Waals surface area contributed by atoms with Crippen molar-refractivity contribution in [2.24, 2.45) is 5.92 Å². The first-order valence-electron chi connectivity index (χ1n) is 5.68. The number of carbonyl (C=O) groups excluding carboxylic acids is 1. The van der Waals surface area contributed by atoms with Crippen molar-refractivity contribution in [2.75, 3.05) is 25.9 Å². The summed E-state index contributed by atoms with van der Waals surface area (Å²) < 4.78 is 23.5. The van der Waals surface area contributed by atoms with E-state index in [1.54, 1.807) is 0 Å². The zero-order valence-corrected chi connectivity index (χ0v) is 10.7. The van der Waals surface area contributed by atoms with Gasteiger partial charge in [0, 0.05) is 19.6 Å². The second kappa shape index (κ2) is 5.63. The lowest BCUT2D eigenvalue weighted by Gasteiger charge is -2.35. The van der Waals surface area contributed by atoms with E-state index in [0.29, 0.717) is 19.6 Å². The van der Waals surface area contributed by atoms with Gasteiger partial charge in [0.1, 0.15) is 0 Å². The van der Waals surface area contributed by atoms with Gasteiger partial charge in [-0.05, 0) is 6.42 Å². The SMILES string of the molecule is CCCCCNC(=O)C1CN(S(C)(=O)=O)C1. The summed E-state index contributed by atoms with van der Waals surface area (Å²) in [6.07, 6.45) is 4.40. The molecule has 5 nitrogen and oxygen atoms in total. The Hall–Kier alpha value is -0.620. The van der Waals surface area contributed by atoms with E-state index in [4.69, 9.17) is 0 Å². The number of hydrogen-bond donors (Lipinski definition) is 1. The Balaban J connectivity index is 2.17. The van der Waals surface area contributed by atoms with Crippen LogP contribution in [0, 0.1) is 5.92 Å². The number of nitrogens with one attached hydrogen (secondary N) is 1. The third kappa shape index (κ3) is 3.75. The van der Waals surface area contributed by atoms with Gasteiger partial charge in [0.15, 0.2) is 0 Å². The molecule has 0 bridgehead atoms. The van der Waals surface area contributed by atoms with Crippen LogP contribution in [-0.2, 0) is 14.8 Å². The molecule has 1 saturated heterocycles. The third-order valence-corrected chi connectivity index (χ3v) is 4.00. The molecule has 6 heteroatoms. The summed E-state index contributed by atoms with van der Waals surface area (Å²) >= 11 is 0. The first kappa shape index (κ1) is 13.4. The number of rotatable bonds is 6. The van der Waals surface area contributed by atoms with E-state index in [0.717, 1.165) is 19.3 Å². The predicted molar refractivity (Wildman–Crippen MR) is 62.4 cm³/mol. The number of hydrogen-bond acceptors (Lipinski definition) is 3. The molecular weight excluding hydrogens is 228 g/mol. The number of sulfonamides is 1. The van der Waals surface area contributed by atoms with Crippen molar-refractivity contribution in [3.8, 4) is 0 Å². The summed E-state index contributed by atoms with van der Waals surface area (Å²) in [5, 5.41) is 2.83. The summed E-state index contributed by atoms with van der Waals surface area (Å²) in [4.78, 5) is 11.5. The van der Waals surface area contributed by atoms with Crippen LogP contribution in [0.25, 0.3) is 0 Å². The molecule has 1 amide bonds. The quantitative estimate of drug-likeness (QED) is 0.682. The predicted octanol–water partition coefficient (Wildman–Crippen LogP) is 0.184. The first-order valence-corrected chi connectivity index (χ1v) is 7.52. The summed E-state index contributed by atoms with van der Waals surface area (Å²) in [6.45, 7) is 3.47. The zero-order valence-electron chi connectivity index (χ0n) is 9.90. The van der Waals surface area contributed by atoms with Crippen molar-refractivity contribution >= 4 is 15.9 Å². The average molecular weight is 248 g/mol. The van der Waals surface area contributed by atoms with Gasteiger partial charge >= 0.3 is 0 Å². The van der Waals surface area contributed by atoms with Crippen molar-refractivity contribution in [1.29, 1.82) is 0 Å². The van der Waals surface area contributed by atoms with Crippen molar-refractivity contribution in [3.63, 3.8) is 0 Å². The second-order valence-electron chi connectivity index (χ2n) is 4.28. The minimum atomic E-state index is -3.11. The number of nitrogens with zero attached hydrogens (tertiary/aromatic N) is 1. The van der Waals surface area contributed by atoms with Gasteiger partial charge in [0.25, 0.3) is 0 Å². The molecule has 1 fully saturated rings. The topological polar surface area (TPSA) is 66.5 Å². The number of unbranched alkanes of at least 4 members (excludes halogenated alkanes) is 2. The highest BCUT2D eigenvalue weighted by Crippen LogP contribution is 2.18. The molecule has 1 N–H and O–H groups in total. The molecule has 1 aliphatic heterocycles. The van der Waals surface area contributed by atoms with Crippen LogP contribution in [0.5, 0.6) is 0 Å². The fourth-order valence-corrected chi connectivity index (χ4v) is 2.51. The Morgan fingerprint density at radius 3 is 2.50 bits per heavy atom. The Bertz CT molecular complexity index is 334. The largest absolute Gasteiger partial charge is 0.356 e. The van der Waals surface area contributed by atoms with Gasteiger partial charge in [0.05, 0.1) is 12.2 Å². The minimum absolute atomic E-state index is 0.0176. The van der Waals surface area contributed by atoms with Crippen LogP contribution < -0.4 is 5.32 Å². The molecular formula is C10H20N2O3S. The first-order chi connectivity index (χ1) is 7.45. The molecule has 94 valence electrons. The Kier molecular flexibility index (Phi) is 4.73. The van der Waals surface area contributed by atoms with Crippen LogP contribution >= 0.6 is 0 Å². The van der Waals surface area contributed by atoms with Crippen molar-refractivity contribution in [1.82, 2.24) is 9.62 Å². The molecule has 16 heavy (non-hydrogen) atoms. The summed E-state index contributed by atoms with van der Waals surface area (Å²) in [5.41, 5.74) is 0. The fraction of sp³-hybridized carbons (Fsp3) is 0.900. The van der Waals surface area contributed by atoms with Gasteiger partial charge in [-0.3, -0.25) is 4.79 Å². The standard InChI is InChI=1S/C10H20N2O3S/c1-3-4-5-6-11-10(13)9-7-12(8-9)16(2,14)15/h9H,3-8H2,1-2H3,(H,11,13). The summed E-state index contributed by atoms with van der Waals surface area (Å²) in [5.74, 6) is -0.174. The van der Waals surface area contributed by atoms with E-state index in [2.05, 4.69) is 12.2 Å². The fourth-order valence-electron chi connectivity index (χ4n) is 1.61. The molecule has 0 radical (unpaired) electrons. The molecule has 1 aliphatic rings. The van der Waals surface area contributed by atoms with E-state index in [9.17, 15) is 13.2 Å². The lowest BCUT2D eigenvalue weighted by molar-refractivity contribution is -0.128. The van der Waals surface area contributed by atoms with Gasteiger partial charge in [-0.1, -0.05) is 19.8 Å². The smallest absolute Gasteiger partial charge is 0.225 e. The maximum absolute atomic E-state index is 11.5. The second-order valence-corrected chi connectivity index (χ2v) is 6.26. The van der Waals surface area contributed by atoms with Gasteiger partial charge in [-0.25, -0.2) is 12.7 Å². The maximum Gasteiger partial charge on any atom is 0.225 e. The van der Waals surface area contributed by atoms with E-state index < -0.39 is 10.0 Å². The van der Waals surface area contributed by atoms with Crippen molar-refractivity contribution in [2.45, 2.75) is 26.2 Å². The molecule has 0 saturated carbocycles. The lowest BCUT2D eigenvalue weighted by Crippen LogP contribution is -2.55. The van der Waals surface area contributed by atoms with Crippen LogP contribution in [0.3, 0.4) is 0 Å². The van der Waals surface area contributed by atoms with Crippen molar-refractivity contribution < 1.29 is 13.2 Å². The molecule has 1 heterocycles. The maximum atomic E-state index is 11.5. The van der Waals surface area contributed by atoms with Gasteiger partial charge in [0.2, 0.25) is 15.9 Å². The molecule has 0 spiro atoms. The molecule has 0 aromatic rings. The highest BCUT2D eigenvalue weighted by atomic mass is 32.2. The molecule has 0 aromatic heterocycles. The normalized spacial score (nSPS) is 18.1. The molecule has 0 aromatic carbocycles. The Morgan fingerprint density at radius 2 is 2.00 bits per heavy atom. The Morgan fingerprint density at radius 1 is 1.38 bits per heavy atom. The van der Waals surface area contributed by atoms with Gasteiger partial charge < -0.3 is 5.32 Å². The van der Waals surface area contributed by atoms with E-state index in [1.165, 1.54) is 10.6 Å². The molecule has 1 rings (SSSR count). The number of amides is 1. The highest BCUT2D eigenvalue weighted by Gasteiger charge is 2.37. The molecule has 0 unspecified atom stereocenters. The summed E-state index contributed by atoms with van der Waals surface area (Å²) in [7, 11) is -3.11. The lowest BCUT2D eigenvalue weighted by atomic mass is 10.0. The third-order valence-electron chi connectivity index (χ3n) is 2.77. The Labute approximate surface area is 97.2 Å². The molecule has 0 aliphatic carbocycles. The average Bonchev–Trinajstić information content (AvgIpc) is 2.07. The van der Waals surface area contributed by atoms with Crippen LogP contribution in [0.1, 0.15) is 26.2 Å². The van der Waals surface area contributed by atoms with E-state index in [-0.39, 0.29) is 11.8 Å². The van der Waals surface area contributed by atoms with Crippen LogP contribution in [0.4, 0.5) is 0 Å². The zero-order chi connectivity index (χ0) is 12.2. The van der Waals surface area contributed by atoms with Gasteiger partial charge in [-0.15, -0.1) is 0 Å². The van der Waals surface area contributed by atoms with Crippen LogP contribution in [0.2, 0.25) is 0 Å². The van der Waals surface area contributed by atoms with Crippen molar-refractivity contribution in [3.05, 3.63) is 0 Å². The minimum Gasteiger partial charge on any atom is -0.356 e. The molecule has 0 atom stereocenters. The highest BCUT2D eigenvalue weighted by molar-refractivity contribution is 7.88. The van der Waals surface area contributed by atoms with Crippen LogP contribution in [0.15, 0.2) is 0 Å².